The molecule has 0 bridgehead atoms. The summed E-state index contributed by atoms with van der Waals surface area (Å²) >= 11 is 10.3. The molecular weight excluding hydrogens is 336 g/mol. The van der Waals surface area contributed by atoms with Gasteiger partial charge in [0.1, 0.15) is 5.75 Å². The lowest BCUT2D eigenvalue weighted by Crippen LogP contribution is -2.01. The number of aryl methyl sites for hydroxylation is 3. The molecule has 20 heavy (non-hydrogen) atoms. The lowest BCUT2D eigenvalue weighted by molar-refractivity contribution is 0.409. The van der Waals surface area contributed by atoms with Gasteiger partial charge in [-0.05, 0) is 49.6 Å². The second-order valence-corrected chi connectivity index (χ2v) is 6.36. The Morgan fingerprint density at radius 3 is 2.30 bits per heavy atom. The van der Waals surface area contributed by atoms with Gasteiger partial charge in [0.05, 0.1) is 12.5 Å². The van der Waals surface area contributed by atoms with Gasteiger partial charge in [-0.1, -0.05) is 39.7 Å². The third-order valence-electron chi connectivity index (χ3n) is 3.48. The summed E-state index contributed by atoms with van der Waals surface area (Å²) in [4.78, 5) is 0. The molecule has 2 aromatic rings. The zero-order valence-electron chi connectivity index (χ0n) is 12.1. The number of alkyl halides is 1. The van der Waals surface area contributed by atoms with E-state index in [9.17, 15) is 0 Å². The number of hydrogen-bond acceptors (Lipinski definition) is 1. The van der Waals surface area contributed by atoms with Crippen LogP contribution in [0, 0.1) is 20.8 Å². The highest BCUT2D eigenvalue weighted by Crippen LogP contribution is 2.39. The van der Waals surface area contributed by atoms with Gasteiger partial charge in [-0.2, -0.15) is 0 Å². The van der Waals surface area contributed by atoms with Crippen molar-refractivity contribution in [3.05, 3.63) is 62.6 Å². The van der Waals surface area contributed by atoms with Gasteiger partial charge in [0.2, 0.25) is 0 Å². The molecule has 2 aromatic carbocycles. The second-order valence-electron chi connectivity index (χ2n) is 5.07. The highest BCUT2D eigenvalue weighted by Gasteiger charge is 2.19. The Labute approximate surface area is 134 Å². The molecule has 0 saturated heterocycles. The Bertz CT molecular complexity index is 637. The van der Waals surface area contributed by atoms with E-state index in [1.54, 1.807) is 7.11 Å². The third kappa shape index (κ3) is 3.02. The quantitative estimate of drug-likeness (QED) is 0.642. The van der Waals surface area contributed by atoms with Crippen LogP contribution in [0.5, 0.6) is 5.75 Å². The number of ether oxygens (including phenoxy) is 1. The molecule has 0 aliphatic rings. The van der Waals surface area contributed by atoms with Crippen molar-refractivity contribution in [3.63, 3.8) is 0 Å². The highest BCUT2D eigenvalue weighted by atomic mass is 79.9. The third-order valence-corrected chi connectivity index (χ3v) is 4.81. The molecule has 0 fully saturated rings. The van der Waals surface area contributed by atoms with E-state index in [1.807, 2.05) is 19.1 Å². The van der Waals surface area contributed by atoms with E-state index in [0.29, 0.717) is 0 Å². The minimum Gasteiger partial charge on any atom is -0.496 e. The summed E-state index contributed by atoms with van der Waals surface area (Å²) in [7, 11) is 1.68. The van der Waals surface area contributed by atoms with Crippen LogP contribution in [0.2, 0.25) is 0 Å². The summed E-state index contributed by atoms with van der Waals surface area (Å²) in [6.07, 6.45) is 0. The molecule has 0 N–H and O–H groups in total. The average Bonchev–Trinajstić information content (AvgIpc) is 2.40. The molecule has 0 aliphatic carbocycles. The minimum atomic E-state index is -0.220. The van der Waals surface area contributed by atoms with Crippen molar-refractivity contribution < 1.29 is 4.74 Å². The fraction of sp³-hybridized carbons (Fsp3) is 0.294. The molecule has 106 valence electrons. The zero-order valence-corrected chi connectivity index (χ0v) is 14.5. The molecule has 0 spiro atoms. The first kappa shape index (κ1) is 15.4. The van der Waals surface area contributed by atoms with Crippen molar-refractivity contribution >= 4 is 27.5 Å². The molecule has 2 rings (SSSR count). The summed E-state index contributed by atoms with van der Waals surface area (Å²) in [6.45, 7) is 6.22. The van der Waals surface area contributed by atoms with Gasteiger partial charge >= 0.3 is 0 Å². The Morgan fingerprint density at radius 1 is 1.00 bits per heavy atom. The topological polar surface area (TPSA) is 9.23 Å². The first-order valence-electron chi connectivity index (χ1n) is 6.49. The number of methoxy groups -OCH3 is 1. The van der Waals surface area contributed by atoms with Crippen molar-refractivity contribution in [2.75, 3.05) is 7.11 Å². The molecule has 0 aliphatic heterocycles. The molecule has 3 heteroatoms. The molecule has 1 unspecified atom stereocenters. The van der Waals surface area contributed by atoms with Crippen LogP contribution in [0.1, 0.15) is 33.2 Å². The Hall–Kier alpha value is -0.990. The molecule has 0 aromatic heterocycles. The lowest BCUT2D eigenvalue weighted by atomic mass is 9.97. The SMILES string of the molecule is COc1cc(C)c(Br)cc1C(Cl)c1ccc(C)cc1C. The van der Waals surface area contributed by atoms with Crippen LogP contribution in [-0.2, 0) is 0 Å². The van der Waals surface area contributed by atoms with Crippen molar-refractivity contribution in [3.8, 4) is 5.75 Å². The fourth-order valence-electron chi connectivity index (χ4n) is 2.32. The lowest BCUT2D eigenvalue weighted by Gasteiger charge is -2.18. The summed E-state index contributed by atoms with van der Waals surface area (Å²) < 4.78 is 6.53. The molecule has 1 nitrogen and oxygen atoms in total. The van der Waals surface area contributed by atoms with E-state index in [2.05, 4.69) is 48.0 Å². The largest absolute Gasteiger partial charge is 0.496 e. The molecule has 0 heterocycles. The maximum atomic E-state index is 6.70. The first-order valence-corrected chi connectivity index (χ1v) is 7.72. The number of halogens is 2. The van der Waals surface area contributed by atoms with E-state index < -0.39 is 0 Å². The average molecular weight is 354 g/mol. The smallest absolute Gasteiger partial charge is 0.124 e. The first-order chi connectivity index (χ1) is 9.43. The van der Waals surface area contributed by atoms with E-state index in [4.69, 9.17) is 16.3 Å². The molecule has 0 radical (unpaired) electrons. The summed E-state index contributed by atoms with van der Waals surface area (Å²) in [6, 6.07) is 10.4. The summed E-state index contributed by atoms with van der Waals surface area (Å²) in [5.41, 5.74) is 5.68. The highest BCUT2D eigenvalue weighted by molar-refractivity contribution is 9.10. The second kappa shape index (κ2) is 6.19. The van der Waals surface area contributed by atoms with Crippen LogP contribution in [0.25, 0.3) is 0 Å². The molecule has 0 saturated carbocycles. The van der Waals surface area contributed by atoms with Crippen molar-refractivity contribution in [1.82, 2.24) is 0 Å². The summed E-state index contributed by atoms with van der Waals surface area (Å²) in [5, 5.41) is -0.220. The van der Waals surface area contributed by atoms with Crippen LogP contribution >= 0.6 is 27.5 Å². The predicted molar refractivity (Wildman–Crippen MR) is 89.0 cm³/mol. The van der Waals surface area contributed by atoms with Gasteiger partial charge in [-0.25, -0.2) is 0 Å². The number of rotatable bonds is 3. The van der Waals surface area contributed by atoms with Crippen LogP contribution < -0.4 is 4.74 Å². The van der Waals surface area contributed by atoms with Gasteiger partial charge < -0.3 is 4.74 Å². The Balaban J connectivity index is 2.52. The molecule has 0 amide bonds. The van der Waals surface area contributed by atoms with Gasteiger partial charge in [-0.3, -0.25) is 0 Å². The maximum absolute atomic E-state index is 6.70. The van der Waals surface area contributed by atoms with Gasteiger partial charge in [0.15, 0.2) is 0 Å². The monoisotopic (exact) mass is 352 g/mol. The maximum Gasteiger partial charge on any atom is 0.124 e. The van der Waals surface area contributed by atoms with Crippen molar-refractivity contribution in [1.29, 1.82) is 0 Å². The standard InChI is InChI=1S/C17H18BrClO/c1-10-5-6-13(11(2)7-10)17(19)14-9-15(18)12(3)8-16(14)20-4/h5-9,17H,1-4H3. The van der Waals surface area contributed by atoms with Gasteiger partial charge in [-0.15, -0.1) is 11.6 Å². The summed E-state index contributed by atoms with van der Waals surface area (Å²) in [5.74, 6) is 0.825. The number of hydrogen-bond donors (Lipinski definition) is 0. The van der Waals surface area contributed by atoms with Gasteiger partial charge in [0.25, 0.3) is 0 Å². The normalized spacial score (nSPS) is 12.3. The van der Waals surface area contributed by atoms with Crippen LogP contribution in [0.4, 0.5) is 0 Å². The molecule has 1 atom stereocenters. The zero-order chi connectivity index (χ0) is 14.9. The minimum absolute atomic E-state index is 0.220. The van der Waals surface area contributed by atoms with E-state index in [1.165, 1.54) is 11.1 Å². The van der Waals surface area contributed by atoms with Crippen LogP contribution in [0.15, 0.2) is 34.8 Å². The van der Waals surface area contributed by atoms with Gasteiger partial charge in [0, 0.05) is 10.0 Å². The van der Waals surface area contributed by atoms with Crippen molar-refractivity contribution in [2.24, 2.45) is 0 Å². The Kier molecular flexibility index (Phi) is 4.77. The van der Waals surface area contributed by atoms with Crippen molar-refractivity contribution in [2.45, 2.75) is 26.1 Å². The van der Waals surface area contributed by atoms with Crippen LogP contribution in [-0.4, -0.2) is 7.11 Å². The van der Waals surface area contributed by atoms with Crippen LogP contribution in [0.3, 0.4) is 0 Å². The predicted octanol–water partition coefficient (Wildman–Crippen LogP) is 5.71. The van der Waals surface area contributed by atoms with E-state index in [0.717, 1.165) is 26.9 Å². The number of benzene rings is 2. The van der Waals surface area contributed by atoms with E-state index in [-0.39, 0.29) is 5.38 Å². The fourth-order valence-corrected chi connectivity index (χ4v) is 3.10. The molecular formula is C17H18BrClO. The van der Waals surface area contributed by atoms with E-state index >= 15 is 0 Å². The Morgan fingerprint density at radius 2 is 1.70 bits per heavy atom.